The molecule has 40 heavy (non-hydrogen) atoms. The maximum atomic E-state index is 13.0. The Morgan fingerprint density at radius 3 is 2.27 bits per heavy atom. The molecular formula is C30H28BrN3O4S2. The standard InChI is InChI=1S/C30H28BrN3O4S2/c1-20-8-10-25(18-21(20)2)34-40(36,37)26-13-11-24(12-14-26)32-30(39)33-29(35)27-19-23(31)9-15-28(27)38-17-16-22-6-4-3-5-7-22/h3-15,18-19,34H,16-17H2,1-2H3,(H2,32,33,35,39). The Balaban J connectivity index is 1.36. The highest BCUT2D eigenvalue weighted by Crippen LogP contribution is 2.24. The minimum atomic E-state index is -3.78. The molecule has 0 bridgehead atoms. The summed E-state index contributed by atoms with van der Waals surface area (Å²) in [6.07, 6.45) is 0.698. The van der Waals surface area contributed by atoms with Crippen LogP contribution >= 0.6 is 28.1 Å². The third kappa shape index (κ3) is 7.91. The normalized spacial score (nSPS) is 11.0. The molecular weight excluding hydrogens is 610 g/mol. The summed E-state index contributed by atoms with van der Waals surface area (Å²) in [4.78, 5) is 13.1. The van der Waals surface area contributed by atoms with Gasteiger partial charge in [0.05, 0.1) is 17.1 Å². The molecule has 0 saturated carbocycles. The summed E-state index contributed by atoms with van der Waals surface area (Å²) in [5.41, 5.74) is 4.53. The number of nitrogens with one attached hydrogen (secondary N) is 3. The monoisotopic (exact) mass is 637 g/mol. The van der Waals surface area contributed by atoms with Crippen LogP contribution < -0.4 is 20.1 Å². The lowest BCUT2D eigenvalue weighted by atomic mass is 10.1. The van der Waals surface area contributed by atoms with E-state index in [1.807, 2.05) is 50.2 Å². The van der Waals surface area contributed by atoms with Crippen molar-refractivity contribution < 1.29 is 17.9 Å². The topological polar surface area (TPSA) is 96.5 Å². The van der Waals surface area contributed by atoms with Gasteiger partial charge in [-0.2, -0.15) is 0 Å². The van der Waals surface area contributed by atoms with Gasteiger partial charge in [-0.05, 0) is 97.4 Å². The van der Waals surface area contributed by atoms with E-state index in [4.69, 9.17) is 17.0 Å². The van der Waals surface area contributed by atoms with Crippen LogP contribution in [0, 0.1) is 13.8 Å². The molecule has 0 heterocycles. The Morgan fingerprint density at radius 1 is 0.875 bits per heavy atom. The van der Waals surface area contributed by atoms with E-state index < -0.39 is 15.9 Å². The maximum Gasteiger partial charge on any atom is 0.261 e. The quantitative estimate of drug-likeness (QED) is 0.179. The number of halogens is 1. The first-order valence-electron chi connectivity index (χ1n) is 12.4. The summed E-state index contributed by atoms with van der Waals surface area (Å²) in [6, 6.07) is 26.6. The van der Waals surface area contributed by atoms with Crippen molar-refractivity contribution in [3.05, 3.63) is 118 Å². The number of ether oxygens (including phenoxy) is 1. The molecule has 0 fully saturated rings. The molecule has 1 amide bonds. The van der Waals surface area contributed by atoms with Crippen LogP contribution in [0.2, 0.25) is 0 Å². The highest BCUT2D eigenvalue weighted by molar-refractivity contribution is 9.10. The Kier molecular flexibility index (Phi) is 9.57. The van der Waals surface area contributed by atoms with E-state index >= 15 is 0 Å². The zero-order valence-corrected chi connectivity index (χ0v) is 25.1. The third-order valence-corrected chi connectivity index (χ3v) is 8.18. The number of amides is 1. The molecule has 4 rings (SSSR count). The lowest BCUT2D eigenvalue weighted by Crippen LogP contribution is -2.34. The van der Waals surface area contributed by atoms with Crippen LogP contribution in [0.3, 0.4) is 0 Å². The molecule has 4 aromatic carbocycles. The van der Waals surface area contributed by atoms with Crippen LogP contribution in [0.15, 0.2) is 100 Å². The van der Waals surface area contributed by atoms with Crippen molar-refractivity contribution in [3.8, 4) is 5.75 Å². The molecule has 206 valence electrons. The van der Waals surface area contributed by atoms with Crippen LogP contribution in [0.25, 0.3) is 0 Å². The molecule has 4 aromatic rings. The molecule has 3 N–H and O–H groups in total. The fourth-order valence-corrected chi connectivity index (χ4v) is 5.42. The SMILES string of the molecule is Cc1ccc(NS(=O)(=O)c2ccc(NC(=S)NC(=O)c3cc(Br)ccc3OCCc3ccccc3)cc2)cc1C. The third-order valence-electron chi connectivity index (χ3n) is 6.09. The van der Waals surface area contributed by atoms with E-state index in [-0.39, 0.29) is 10.0 Å². The zero-order chi connectivity index (χ0) is 28.7. The van der Waals surface area contributed by atoms with Gasteiger partial charge in [0.1, 0.15) is 5.75 Å². The molecule has 0 aliphatic rings. The second-order valence-corrected chi connectivity index (χ2v) is 12.1. The number of carbonyl (C=O) groups is 1. The van der Waals surface area contributed by atoms with Crippen LogP contribution in [-0.4, -0.2) is 26.0 Å². The molecule has 0 atom stereocenters. The Hall–Kier alpha value is -3.73. The molecule has 0 aliphatic carbocycles. The van der Waals surface area contributed by atoms with Crippen molar-refractivity contribution in [1.29, 1.82) is 0 Å². The van der Waals surface area contributed by atoms with Gasteiger partial charge in [-0.25, -0.2) is 8.42 Å². The van der Waals surface area contributed by atoms with Gasteiger partial charge in [0, 0.05) is 22.3 Å². The average molecular weight is 639 g/mol. The van der Waals surface area contributed by atoms with Gasteiger partial charge in [0.2, 0.25) is 0 Å². The number of hydrogen-bond acceptors (Lipinski definition) is 5. The van der Waals surface area contributed by atoms with Gasteiger partial charge in [-0.3, -0.25) is 14.8 Å². The molecule has 0 aliphatic heterocycles. The molecule has 7 nitrogen and oxygen atoms in total. The van der Waals surface area contributed by atoms with Gasteiger partial charge in [0.25, 0.3) is 15.9 Å². The van der Waals surface area contributed by atoms with Crippen molar-refractivity contribution >= 4 is 60.6 Å². The fraction of sp³-hybridized carbons (Fsp3) is 0.133. The molecule has 0 spiro atoms. The van der Waals surface area contributed by atoms with Crippen LogP contribution in [-0.2, 0) is 16.4 Å². The average Bonchev–Trinajstić information content (AvgIpc) is 2.92. The number of carbonyl (C=O) groups excluding carboxylic acids is 1. The number of rotatable bonds is 9. The van der Waals surface area contributed by atoms with Gasteiger partial charge >= 0.3 is 0 Å². The maximum absolute atomic E-state index is 13.0. The van der Waals surface area contributed by atoms with E-state index in [1.165, 1.54) is 12.1 Å². The Bertz CT molecular complexity index is 1630. The fourth-order valence-electron chi connectivity index (χ4n) is 3.80. The number of hydrogen-bond donors (Lipinski definition) is 3. The van der Waals surface area contributed by atoms with Gasteiger partial charge in [-0.1, -0.05) is 52.3 Å². The van der Waals surface area contributed by atoms with Crippen molar-refractivity contribution in [2.24, 2.45) is 0 Å². The number of aryl methyl sites for hydroxylation is 2. The first kappa shape index (κ1) is 29.3. The predicted molar refractivity (Wildman–Crippen MR) is 167 cm³/mol. The lowest BCUT2D eigenvalue weighted by molar-refractivity contribution is 0.0973. The van der Waals surface area contributed by atoms with Crippen molar-refractivity contribution in [2.75, 3.05) is 16.6 Å². The second-order valence-electron chi connectivity index (χ2n) is 9.06. The Labute approximate surface area is 248 Å². The van der Waals surface area contributed by atoms with E-state index in [1.54, 1.807) is 42.5 Å². The number of sulfonamides is 1. The summed E-state index contributed by atoms with van der Waals surface area (Å²) >= 11 is 8.73. The van der Waals surface area contributed by atoms with Gasteiger partial charge < -0.3 is 10.1 Å². The predicted octanol–water partition coefficient (Wildman–Crippen LogP) is 6.62. The van der Waals surface area contributed by atoms with E-state index in [2.05, 4.69) is 31.3 Å². The smallest absolute Gasteiger partial charge is 0.261 e. The van der Waals surface area contributed by atoms with Crippen molar-refractivity contribution in [3.63, 3.8) is 0 Å². The van der Waals surface area contributed by atoms with Gasteiger partial charge in [-0.15, -0.1) is 0 Å². The number of thiocarbonyl (C=S) groups is 1. The van der Waals surface area contributed by atoms with E-state index in [9.17, 15) is 13.2 Å². The number of anilines is 2. The summed E-state index contributed by atoms with van der Waals surface area (Å²) in [6.45, 7) is 4.29. The molecule has 0 unspecified atom stereocenters. The number of benzene rings is 4. The summed E-state index contributed by atoms with van der Waals surface area (Å²) < 4.78 is 34.9. The molecule has 0 aromatic heterocycles. The second kappa shape index (κ2) is 13.1. The summed E-state index contributed by atoms with van der Waals surface area (Å²) in [7, 11) is -3.78. The largest absolute Gasteiger partial charge is 0.492 e. The lowest BCUT2D eigenvalue weighted by Gasteiger charge is -2.14. The van der Waals surface area contributed by atoms with Crippen molar-refractivity contribution in [1.82, 2.24) is 5.32 Å². The molecule has 10 heteroatoms. The highest BCUT2D eigenvalue weighted by atomic mass is 79.9. The first-order valence-corrected chi connectivity index (χ1v) is 15.1. The van der Waals surface area contributed by atoms with Gasteiger partial charge in [0.15, 0.2) is 5.11 Å². The van der Waals surface area contributed by atoms with E-state index in [0.717, 1.165) is 21.2 Å². The minimum Gasteiger partial charge on any atom is -0.492 e. The first-order chi connectivity index (χ1) is 19.1. The van der Waals surface area contributed by atoms with Crippen LogP contribution in [0.1, 0.15) is 27.0 Å². The minimum absolute atomic E-state index is 0.0593. The summed E-state index contributed by atoms with van der Waals surface area (Å²) in [5, 5.41) is 5.63. The molecule has 0 saturated heterocycles. The van der Waals surface area contributed by atoms with Crippen LogP contribution in [0.5, 0.6) is 5.75 Å². The van der Waals surface area contributed by atoms with Crippen molar-refractivity contribution in [2.45, 2.75) is 25.2 Å². The van der Waals surface area contributed by atoms with E-state index in [0.29, 0.717) is 35.7 Å². The molecule has 0 radical (unpaired) electrons. The summed E-state index contributed by atoms with van der Waals surface area (Å²) in [5.74, 6) is -0.00411. The zero-order valence-electron chi connectivity index (χ0n) is 21.9. The van der Waals surface area contributed by atoms with Crippen LogP contribution in [0.4, 0.5) is 11.4 Å². The Morgan fingerprint density at radius 2 is 1.57 bits per heavy atom. The highest BCUT2D eigenvalue weighted by Gasteiger charge is 2.17.